The highest BCUT2D eigenvalue weighted by atomic mass is 16.5. The van der Waals surface area contributed by atoms with Crippen LogP contribution in [0.25, 0.3) is 0 Å². The topological polar surface area (TPSA) is 49.8 Å². The molecular formula is C13H15NO3. The lowest BCUT2D eigenvalue weighted by Gasteiger charge is -2.43. The number of nitrogens with zero attached hydrogens (tertiary/aromatic N) is 1. The van der Waals surface area contributed by atoms with E-state index in [1.807, 2.05) is 12.1 Å². The van der Waals surface area contributed by atoms with Gasteiger partial charge in [-0.05, 0) is 24.0 Å². The molecule has 1 aliphatic carbocycles. The molecule has 1 aromatic rings. The number of carboxylic acid groups (broad SMARTS) is 1. The second kappa shape index (κ2) is 4.04. The van der Waals surface area contributed by atoms with Crippen molar-refractivity contribution in [3.63, 3.8) is 0 Å². The van der Waals surface area contributed by atoms with Crippen LogP contribution < -0.4 is 0 Å². The number of rotatable bonds is 0. The van der Waals surface area contributed by atoms with Crippen LogP contribution in [0.3, 0.4) is 0 Å². The number of benzene rings is 1. The number of ether oxygens (including phenoxy) is 1. The van der Waals surface area contributed by atoms with Gasteiger partial charge in [0.1, 0.15) is 6.10 Å². The lowest BCUT2D eigenvalue weighted by atomic mass is 9.84. The van der Waals surface area contributed by atoms with E-state index < -0.39 is 6.09 Å². The van der Waals surface area contributed by atoms with Gasteiger partial charge in [-0.25, -0.2) is 4.79 Å². The molecule has 4 nitrogen and oxygen atoms in total. The van der Waals surface area contributed by atoms with Crippen LogP contribution in [0.4, 0.5) is 4.79 Å². The Hall–Kier alpha value is -1.55. The van der Waals surface area contributed by atoms with Crippen LogP contribution in [0.1, 0.15) is 23.7 Å². The molecule has 1 aliphatic heterocycles. The molecule has 1 saturated heterocycles. The van der Waals surface area contributed by atoms with Crippen LogP contribution in [0.5, 0.6) is 0 Å². The van der Waals surface area contributed by atoms with Crippen LogP contribution >= 0.6 is 0 Å². The molecule has 2 unspecified atom stereocenters. The molecular weight excluding hydrogens is 218 g/mol. The Morgan fingerprint density at radius 3 is 3.06 bits per heavy atom. The summed E-state index contributed by atoms with van der Waals surface area (Å²) in [6, 6.07) is 8.16. The zero-order valence-corrected chi connectivity index (χ0v) is 9.50. The van der Waals surface area contributed by atoms with E-state index in [1.54, 1.807) is 0 Å². The van der Waals surface area contributed by atoms with Crippen LogP contribution in [0.15, 0.2) is 24.3 Å². The molecule has 1 fully saturated rings. The predicted octanol–water partition coefficient (Wildman–Crippen LogP) is 2.05. The Kier molecular flexibility index (Phi) is 2.52. The molecule has 0 bridgehead atoms. The number of hydrogen-bond donors (Lipinski definition) is 1. The second-order valence-electron chi connectivity index (χ2n) is 4.57. The van der Waals surface area contributed by atoms with E-state index >= 15 is 0 Å². The van der Waals surface area contributed by atoms with Crippen LogP contribution in [-0.4, -0.2) is 35.3 Å². The van der Waals surface area contributed by atoms with Crippen molar-refractivity contribution in [2.75, 3.05) is 13.2 Å². The van der Waals surface area contributed by atoms with Gasteiger partial charge in [-0.2, -0.15) is 0 Å². The van der Waals surface area contributed by atoms with Crippen molar-refractivity contribution in [2.24, 2.45) is 0 Å². The second-order valence-corrected chi connectivity index (χ2v) is 4.57. The Balaban J connectivity index is 1.96. The van der Waals surface area contributed by atoms with Gasteiger partial charge in [0.25, 0.3) is 0 Å². The van der Waals surface area contributed by atoms with Gasteiger partial charge in [-0.1, -0.05) is 24.3 Å². The van der Waals surface area contributed by atoms with Crippen LogP contribution in [-0.2, 0) is 11.2 Å². The highest BCUT2D eigenvalue weighted by molar-refractivity contribution is 5.66. The maximum absolute atomic E-state index is 11.2. The summed E-state index contributed by atoms with van der Waals surface area (Å²) >= 11 is 0. The first-order chi connectivity index (χ1) is 8.27. The maximum atomic E-state index is 11.2. The number of amides is 1. The highest BCUT2D eigenvalue weighted by Crippen LogP contribution is 2.37. The Morgan fingerprint density at radius 2 is 2.24 bits per heavy atom. The molecule has 1 heterocycles. The number of fused-ring (bicyclic) bond motifs is 3. The first-order valence-corrected chi connectivity index (χ1v) is 5.96. The minimum absolute atomic E-state index is 0.0175. The van der Waals surface area contributed by atoms with Crippen molar-refractivity contribution >= 4 is 6.09 Å². The minimum atomic E-state index is -0.831. The summed E-state index contributed by atoms with van der Waals surface area (Å²) in [5, 5.41) is 9.20. The summed E-state index contributed by atoms with van der Waals surface area (Å²) in [6.45, 7) is 0.973. The highest BCUT2D eigenvalue weighted by Gasteiger charge is 2.39. The van der Waals surface area contributed by atoms with E-state index in [9.17, 15) is 9.90 Å². The summed E-state index contributed by atoms with van der Waals surface area (Å²) in [6.07, 6.45) is 0.880. The monoisotopic (exact) mass is 233 g/mol. The van der Waals surface area contributed by atoms with Gasteiger partial charge in [0.05, 0.1) is 12.6 Å². The van der Waals surface area contributed by atoms with Gasteiger partial charge < -0.3 is 14.7 Å². The third-order valence-electron chi connectivity index (χ3n) is 3.70. The number of aryl methyl sites for hydroxylation is 1. The van der Waals surface area contributed by atoms with E-state index in [2.05, 4.69) is 12.1 Å². The van der Waals surface area contributed by atoms with E-state index in [1.165, 1.54) is 10.5 Å². The molecule has 0 radical (unpaired) electrons. The normalized spacial score (nSPS) is 27.2. The molecule has 90 valence electrons. The molecule has 2 aliphatic rings. The van der Waals surface area contributed by atoms with Crippen molar-refractivity contribution in [3.05, 3.63) is 35.4 Å². The lowest BCUT2D eigenvalue weighted by molar-refractivity contribution is -0.0698. The summed E-state index contributed by atoms with van der Waals surface area (Å²) in [5.74, 6) is 0. The summed E-state index contributed by atoms with van der Waals surface area (Å²) in [7, 11) is 0. The Bertz CT molecular complexity index is 446. The molecule has 0 saturated carbocycles. The Labute approximate surface area is 99.8 Å². The van der Waals surface area contributed by atoms with Gasteiger partial charge in [0.2, 0.25) is 0 Å². The SMILES string of the molecule is O=C(O)N1CCOC2c3ccccc3CCC21. The quantitative estimate of drug-likeness (QED) is 0.746. The molecule has 0 aromatic heterocycles. The molecule has 17 heavy (non-hydrogen) atoms. The zero-order chi connectivity index (χ0) is 11.8. The van der Waals surface area contributed by atoms with Crippen molar-refractivity contribution in [3.8, 4) is 0 Å². The van der Waals surface area contributed by atoms with Gasteiger partial charge >= 0.3 is 6.09 Å². The minimum Gasteiger partial charge on any atom is -0.465 e. The van der Waals surface area contributed by atoms with Gasteiger partial charge in [-0.15, -0.1) is 0 Å². The zero-order valence-electron chi connectivity index (χ0n) is 9.50. The largest absolute Gasteiger partial charge is 0.465 e. The lowest BCUT2D eigenvalue weighted by Crippen LogP contribution is -2.51. The molecule has 2 atom stereocenters. The van der Waals surface area contributed by atoms with E-state index in [0.29, 0.717) is 13.2 Å². The average Bonchev–Trinajstić information content (AvgIpc) is 2.37. The molecule has 3 rings (SSSR count). The van der Waals surface area contributed by atoms with Crippen molar-refractivity contribution in [1.82, 2.24) is 4.90 Å². The van der Waals surface area contributed by atoms with E-state index in [-0.39, 0.29) is 12.1 Å². The average molecular weight is 233 g/mol. The Morgan fingerprint density at radius 1 is 1.41 bits per heavy atom. The first kappa shape index (κ1) is 10.6. The molecule has 4 heteroatoms. The summed E-state index contributed by atoms with van der Waals surface area (Å²) in [5.41, 5.74) is 2.45. The fraction of sp³-hybridized carbons (Fsp3) is 0.462. The number of carbonyl (C=O) groups is 1. The third kappa shape index (κ3) is 1.69. The summed E-state index contributed by atoms with van der Waals surface area (Å²) in [4.78, 5) is 12.7. The van der Waals surface area contributed by atoms with Crippen LogP contribution in [0, 0.1) is 0 Å². The third-order valence-corrected chi connectivity index (χ3v) is 3.70. The maximum Gasteiger partial charge on any atom is 0.407 e. The fourth-order valence-electron chi connectivity index (χ4n) is 2.90. The predicted molar refractivity (Wildman–Crippen MR) is 62.0 cm³/mol. The molecule has 1 amide bonds. The van der Waals surface area contributed by atoms with E-state index in [0.717, 1.165) is 18.4 Å². The van der Waals surface area contributed by atoms with Crippen LogP contribution in [0.2, 0.25) is 0 Å². The van der Waals surface area contributed by atoms with Crippen molar-refractivity contribution in [2.45, 2.75) is 25.0 Å². The van der Waals surface area contributed by atoms with Crippen molar-refractivity contribution in [1.29, 1.82) is 0 Å². The van der Waals surface area contributed by atoms with E-state index in [4.69, 9.17) is 4.74 Å². The van der Waals surface area contributed by atoms with Gasteiger partial charge in [0.15, 0.2) is 0 Å². The summed E-state index contributed by atoms with van der Waals surface area (Å²) < 4.78 is 5.78. The number of hydrogen-bond acceptors (Lipinski definition) is 2. The van der Waals surface area contributed by atoms with Crippen molar-refractivity contribution < 1.29 is 14.6 Å². The number of morpholine rings is 1. The molecule has 1 N–H and O–H groups in total. The smallest absolute Gasteiger partial charge is 0.407 e. The van der Waals surface area contributed by atoms with Gasteiger partial charge in [0, 0.05) is 6.54 Å². The fourth-order valence-corrected chi connectivity index (χ4v) is 2.90. The molecule has 0 spiro atoms. The first-order valence-electron chi connectivity index (χ1n) is 5.96. The standard InChI is InChI=1S/C13H15NO3/c15-13(16)14-7-8-17-12-10-4-2-1-3-9(10)5-6-11(12)14/h1-4,11-12H,5-8H2,(H,15,16). The van der Waals surface area contributed by atoms with Gasteiger partial charge in [-0.3, -0.25) is 0 Å². The molecule has 1 aromatic carbocycles.